The van der Waals surface area contributed by atoms with Crippen molar-refractivity contribution in [3.63, 3.8) is 0 Å². The number of nitrogens with one attached hydrogen (secondary N) is 1. The molecule has 6 nitrogen and oxygen atoms in total. The molecular weight excluding hydrogens is 449 g/mol. The number of ether oxygens (including phenoxy) is 2. The third kappa shape index (κ3) is 4.42. The average molecular weight is 468 g/mol. The Kier molecular flexibility index (Phi) is 6.35. The largest absolute Gasteiger partial charge is 0.493 e. The zero-order valence-electron chi connectivity index (χ0n) is 17.3. The van der Waals surface area contributed by atoms with Gasteiger partial charge in [0.15, 0.2) is 11.5 Å². The molecule has 8 heteroatoms. The minimum Gasteiger partial charge on any atom is -0.493 e. The van der Waals surface area contributed by atoms with Crippen LogP contribution in [0.2, 0.25) is 10.0 Å². The molecule has 0 aliphatic rings. The molecule has 3 aromatic carbocycles. The van der Waals surface area contributed by atoms with E-state index in [-0.39, 0.29) is 5.91 Å². The van der Waals surface area contributed by atoms with Gasteiger partial charge in [-0.05, 0) is 48.5 Å². The Morgan fingerprint density at radius 3 is 2.41 bits per heavy atom. The number of amides is 1. The van der Waals surface area contributed by atoms with E-state index >= 15 is 0 Å². The fourth-order valence-electron chi connectivity index (χ4n) is 3.23. The molecule has 0 radical (unpaired) electrons. The normalized spacial score (nSPS) is 10.6. The first-order chi connectivity index (χ1) is 15.5. The van der Waals surface area contributed by atoms with Crippen LogP contribution in [0.5, 0.6) is 11.5 Å². The minimum absolute atomic E-state index is 0.358. The highest BCUT2D eigenvalue weighted by molar-refractivity contribution is 6.36. The highest BCUT2D eigenvalue weighted by Gasteiger charge is 2.21. The summed E-state index contributed by atoms with van der Waals surface area (Å²) in [5, 5.41) is 8.36. The quantitative estimate of drug-likeness (QED) is 0.371. The van der Waals surface area contributed by atoms with Gasteiger partial charge in [0.05, 0.1) is 36.2 Å². The predicted octanol–water partition coefficient (Wildman–Crippen LogP) is 6.12. The number of halogens is 2. The summed E-state index contributed by atoms with van der Waals surface area (Å²) in [7, 11) is 3.12. The highest BCUT2D eigenvalue weighted by Crippen LogP contribution is 2.34. The van der Waals surface area contributed by atoms with Crippen LogP contribution in [-0.4, -0.2) is 29.9 Å². The van der Waals surface area contributed by atoms with E-state index in [2.05, 4.69) is 10.4 Å². The van der Waals surface area contributed by atoms with Crippen LogP contribution < -0.4 is 14.8 Å². The van der Waals surface area contributed by atoms with Crippen LogP contribution in [0.4, 0.5) is 5.69 Å². The molecule has 1 amide bonds. The van der Waals surface area contributed by atoms with E-state index in [1.807, 2.05) is 36.4 Å². The van der Waals surface area contributed by atoms with Crippen LogP contribution in [0.25, 0.3) is 16.9 Å². The van der Waals surface area contributed by atoms with Gasteiger partial charge in [0, 0.05) is 16.8 Å². The third-order valence-electron chi connectivity index (χ3n) is 4.81. The summed E-state index contributed by atoms with van der Waals surface area (Å²) >= 11 is 12.3. The van der Waals surface area contributed by atoms with Crippen molar-refractivity contribution in [2.75, 3.05) is 19.5 Å². The predicted molar refractivity (Wildman–Crippen MR) is 127 cm³/mol. The topological polar surface area (TPSA) is 65.4 Å². The second-order valence-electron chi connectivity index (χ2n) is 6.82. The van der Waals surface area contributed by atoms with E-state index in [1.54, 1.807) is 55.4 Å². The Balaban J connectivity index is 1.81. The van der Waals surface area contributed by atoms with Crippen molar-refractivity contribution < 1.29 is 14.3 Å². The summed E-state index contributed by atoms with van der Waals surface area (Å²) in [6, 6.07) is 19.8. The molecule has 32 heavy (non-hydrogen) atoms. The molecule has 1 aromatic heterocycles. The standard InChI is InChI=1S/C24H19Cl2N3O3/c1-31-21-11-8-15(12-22(21)32-2)23-18(14-29(28-23)17-6-4-3-5-7-17)24(30)27-20-13-16(25)9-10-19(20)26/h3-14H,1-2H3,(H,27,30). The van der Waals surface area contributed by atoms with Gasteiger partial charge in [0.2, 0.25) is 0 Å². The first kappa shape index (κ1) is 21.7. The van der Waals surface area contributed by atoms with E-state index in [4.69, 9.17) is 32.7 Å². The van der Waals surface area contributed by atoms with E-state index in [0.29, 0.717) is 44.1 Å². The zero-order chi connectivity index (χ0) is 22.7. The Morgan fingerprint density at radius 1 is 0.938 bits per heavy atom. The molecule has 1 heterocycles. The lowest BCUT2D eigenvalue weighted by molar-refractivity contribution is 0.102. The summed E-state index contributed by atoms with van der Waals surface area (Å²) in [4.78, 5) is 13.3. The van der Waals surface area contributed by atoms with Gasteiger partial charge in [0.25, 0.3) is 5.91 Å². The van der Waals surface area contributed by atoms with Gasteiger partial charge < -0.3 is 14.8 Å². The number of rotatable bonds is 6. The maximum absolute atomic E-state index is 13.3. The molecule has 0 aliphatic carbocycles. The number of carbonyl (C=O) groups is 1. The van der Waals surface area contributed by atoms with Crippen molar-refractivity contribution in [3.8, 4) is 28.4 Å². The summed E-state index contributed by atoms with van der Waals surface area (Å²) in [6.07, 6.45) is 1.68. The van der Waals surface area contributed by atoms with E-state index in [9.17, 15) is 4.79 Å². The van der Waals surface area contributed by atoms with E-state index < -0.39 is 0 Å². The fraction of sp³-hybridized carbons (Fsp3) is 0.0833. The lowest BCUT2D eigenvalue weighted by Crippen LogP contribution is -2.12. The second-order valence-corrected chi connectivity index (χ2v) is 7.66. The molecule has 0 unspecified atom stereocenters. The van der Waals surface area contributed by atoms with Crippen molar-refractivity contribution in [1.82, 2.24) is 9.78 Å². The molecule has 1 N–H and O–H groups in total. The number of hydrogen-bond acceptors (Lipinski definition) is 4. The number of benzene rings is 3. The van der Waals surface area contributed by atoms with Gasteiger partial charge in [-0.1, -0.05) is 41.4 Å². The molecule has 4 rings (SSSR count). The van der Waals surface area contributed by atoms with E-state index in [1.165, 1.54) is 0 Å². The van der Waals surface area contributed by atoms with Crippen LogP contribution in [0.1, 0.15) is 10.4 Å². The smallest absolute Gasteiger partial charge is 0.259 e. The number of anilines is 1. The summed E-state index contributed by atoms with van der Waals surface area (Å²) in [5.41, 5.74) is 2.76. The highest BCUT2D eigenvalue weighted by atomic mass is 35.5. The van der Waals surface area contributed by atoms with Gasteiger partial charge >= 0.3 is 0 Å². The Bertz CT molecular complexity index is 1270. The molecule has 0 spiro atoms. The summed E-state index contributed by atoms with van der Waals surface area (Å²) in [5.74, 6) is 0.736. The number of para-hydroxylation sites is 1. The van der Waals surface area contributed by atoms with Crippen LogP contribution in [0.15, 0.2) is 72.9 Å². The zero-order valence-corrected chi connectivity index (χ0v) is 18.8. The first-order valence-corrected chi connectivity index (χ1v) is 10.4. The lowest BCUT2D eigenvalue weighted by atomic mass is 10.1. The Morgan fingerprint density at radius 2 is 1.69 bits per heavy atom. The van der Waals surface area contributed by atoms with Crippen LogP contribution >= 0.6 is 23.2 Å². The average Bonchev–Trinajstić information content (AvgIpc) is 3.27. The number of aromatic nitrogens is 2. The second kappa shape index (κ2) is 9.34. The van der Waals surface area contributed by atoms with Gasteiger partial charge in [-0.25, -0.2) is 4.68 Å². The van der Waals surface area contributed by atoms with Crippen molar-refractivity contribution in [1.29, 1.82) is 0 Å². The van der Waals surface area contributed by atoms with Gasteiger partial charge in [-0.2, -0.15) is 5.10 Å². The van der Waals surface area contributed by atoms with Gasteiger partial charge in [-0.3, -0.25) is 4.79 Å². The first-order valence-electron chi connectivity index (χ1n) is 9.64. The molecular formula is C24H19Cl2N3O3. The minimum atomic E-state index is -0.374. The van der Waals surface area contributed by atoms with Crippen LogP contribution in [-0.2, 0) is 0 Å². The summed E-state index contributed by atoms with van der Waals surface area (Å²) in [6.45, 7) is 0. The summed E-state index contributed by atoms with van der Waals surface area (Å²) < 4.78 is 12.4. The maximum atomic E-state index is 13.3. The van der Waals surface area contributed by atoms with Crippen molar-refractivity contribution in [2.45, 2.75) is 0 Å². The maximum Gasteiger partial charge on any atom is 0.259 e. The number of nitrogens with zero attached hydrogens (tertiary/aromatic N) is 2. The molecule has 0 bridgehead atoms. The van der Waals surface area contributed by atoms with Crippen molar-refractivity contribution in [2.24, 2.45) is 0 Å². The molecule has 0 saturated heterocycles. The Labute approximate surface area is 195 Å². The number of carbonyl (C=O) groups excluding carboxylic acids is 1. The third-order valence-corrected chi connectivity index (χ3v) is 5.38. The number of methoxy groups -OCH3 is 2. The van der Waals surface area contributed by atoms with Crippen LogP contribution in [0, 0.1) is 0 Å². The molecule has 4 aromatic rings. The Hall–Kier alpha value is -3.48. The van der Waals surface area contributed by atoms with Crippen molar-refractivity contribution in [3.05, 3.63) is 88.5 Å². The van der Waals surface area contributed by atoms with E-state index in [0.717, 1.165) is 5.69 Å². The SMILES string of the molecule is COc1ccc(-c2nn(-c3ccccc3)cc2C(=O)Nc2cc(Cl)ccc2Cl)cc1OC. The molecule has 0 fully saturated rings. The fourth-order valence-corrected chi connectivity index (χ4v) is 3.57. The van der Waals surface area contributed by atoms with Gasteiger partial charge in [0.1, 0.15) is 5.69 Å². The number of hydrogen-bond donors (Lipinski definition) is 1. The van der Waals surface area contributed by atoms with Crippen LogP contribution in [0.3, 0.4) is 0 Å². The van der Waals surface area contributed by atoms with Crippen molar-refractivity contribution >= 4 is 34.8 Å². The molecule has 0 saturated carbocycles. The monoisotopic (exact) mass is 467 g/mol. The molecule has 162 valence electrons. The molecule has 0 atom stereocenters. The van der Waals surface area contributed by atoms with Gasteiger partial charge in [-0.15, -0.1) is 0 Å². The molecule has 0 aliphatic heterocycles. The lowest BCUT2D eigenvalue weighted by Gasteiger charge is -2.10.